The van der Waals surface area contributed by atoms with E-state index >= 15 is 0 Å². The molecule has 7 nitrogen and oxygen atoms in total. The van der Waals surface area contributed by atoms with E-state index in [9.17, 15) is 13.2 Å². The van der Waals surface area contributed by atoms with Crippen molar-refractivity contribution < 1.29 is 17.9 Å². The van der Waals surface area contributed by atoms with Crippen LogP contribution in [-0.4, -0.2) is 43.8 Å². The number of aromatic nitrogens is 1. The fourth-order valence-corrected chi connectivity index (χ4v) is 6.45. The Hall–Kier alpha value is -2.79. The van der Waals surface area contributed by atoms with Gasteiger partial charge in [-0.15, -0.1) is 11.3 Å². The Kier molecular flexibility index (Phi) is 6.56. The van der Waals surface area contributed by atoms with E-state index in [1.165, 1.54) is 29.4 Å². The third kappa shape index (κ3) is 4.40. The number of anilines is 2. The molecular weight excluding hydrogens is 466 g/mol. The molecule has 4 rings (SSSR count). The predicted molar refractivity (Wildman–Crippen MR) is 129 cm³/mol. The summed E-state index contributed by atoms with van der Waals surface area (Å²) in [4.78, 5) is 19.6. The highest BCUT2D eigenvalue weighted by Gasteiger charge is 2.30. The highest BCUT2D eigenvalue weighted by molar-refractivity contribution is 7.91. The van der Waals surface area contributed by atoms with Crippen molar-refractivity contribution in [2.24, 2.45) is 0 Å². The van der Waals surface area contributed by atoms with E-state index in [4.69, 9.17) is 4.74 Å². The average Bonchev–Trinajstić information content (AvgIpc) is 3.45. The number of hydrogen-bond donors (Lipinski definition) is 0. The number of benzene rings is 2. The maximum Gasteiger partial charge on any atom is 0.252 e. The smallest absolute Gasteiger partial charge is 0.252 e. The Balaban J connectivity index is 1.75. The second-order valence-corrected chi connectivity index (χ2v) is 11.0. The van der Waals surface area contributed by atoms with Crippen LogP contribution in [0, 0.1) is 0 Å². The maximum atomic E-state index is 13.5. The Labute approximate surface area is 194 Å². The first kappa shape index (κ1) is 22.4. The number of nitrogens with zero attached hydrogens (tertiary/aromatic N) is 3. The van der Waals surface area contributed by atoms with Crippen molar-refractivity contribution in [3.8, 4) is 5.75 Å². The maximum absolute atomic E-state index is 13.5. The summed E-state index contributed by atoms with van der Waals surface area (Å²) in [5.74, 6) is 0.0882. The summed E-state index contributed by atoms with van der Waals surface area (Å²) in [7, 11) is -2.38. The number of carbonyl (C=O) groups excluding carboxylic acids is 1. The lowest BCUT2D eigenvalue weighted by molar-refractivity contribution is -0.117. The van der Waals surface area contributed by atoms with Crippen molar-refractivity contribution in [3.63, 3.8) is 0 Å². The number of thiophene rings is 1. The molecule has 0 radical (unpaired) electrons. The third-order valence-corrected chi connectivity index (χ3v) is 8.84. The van der Waals surface area contributed by atoms with Gasteiger partial charge in [0.25, 0.3) is 10.0 Å². The summed E-state index contributed by atoms with van der Waals surface area (Å²) in [5.41, 5.74) is 1.28. The van der Waals surface area contributed by atoms with Crippen LogP contribution < -0.4 is 9.64 Å². The van der Waals surface area contributed by atoms with E-state index in [2.05, 4.69) is 4.98 Å². The fraction of sp³-hybridized carbons (Fsp3) is 0.182. The van der Waals surface area contributed by atoms with Crippen LogP contribution in [0.25, 0.3) is 10.2 Å². The molecule has 1 amide bonds. The SMILES string of the molecule is CCOc1ccccc1N(C(=O)CN(C)S(=O)(=O)c1cccs1)c1nc2ccccc2s1. The molecular formula is C22H21N3O4S3. The minimum Gasteiger partial charge on any atom is -0.492 e. The van der Waals surface area contributed by atoms with Crippen LogP contribution in [0.1, 0.15) is 6.92 Å². The molecule has 0 unspecified atom stereocenters. The van der Waals surface area contributed by atoms with Gasteiger partial charge >= 0.3 is 0 Å². The zero-order valence-electron chi connectivity index (χ0n) is 17.5. The molecule has 0 fully saturated rings. The number of likely N-dealkylation sites (N-methyl/N-ethyl adjacent to an activating group) is 1. The van der Waals surface area contributed by atoms with Crippen molar-refractivity contribution in [3.05, 3.63) is 66.0 Å². The number of para-hydroxylation sites is 3. The monoisotopic (exact) mass is 487 g/mol. The van der Waals surface area contributed by atoms with E-state index in [1.54, 1.807) is 29.6 Å². The van der Waals surface area contributed by atoms with Crippen molar-refractivity contribution in [2.45, 2.75) is 11.1 Å². The summed E-state index contributed by atoms with van der Waals surface area (Å²) in [6, 6.07) is 18.0. The number of fused-ring (bicyclic) bond motifs is 1. The van der Waals surface area contributed by atoms with Gasteiger partial charge in [0, 0.05) is 7.05 Å². The molecule has 0 aliphatic carbocycles. The molecule has 0 aliphatic rings. The summed E-state index contributed by atoms with van der Waals surface area (Å²) in [6.45, 7) is 1.93. The van der Waals surface area contributed by atoms with Crippen molar-refractivity contribution in [2.75, 3.05) is 25.1 Å². The lowest BCUT2D eigenvalue weighted by Gasteiger charge is -2.25. The molecule has 0 atom stereocenters. The van der Waals surface area contributed by atoms with Crippen LogP contribution >= 0.6 is 22.7 Å². The van der Waals surface area contributed by atoms with Gasteiger partial charge in [-0.05, 0) is 42.6 Å². The Morgan fingerprint density at radius 2 is 1.81 bits per heavy atom. The van der Waals surface area contributed by atoms with Crippen LogP contribution in [0.2, 0.25) is 0 Å². The fourth-order valence-electron chi connectivity index (χ4n) is 3.13. The normalized spacial score (nSPS) is 11.7. The van der Waals surface area contributed by atoms with Crippen LogP contribution in [0.15, 0.2) is 70.3 Å². The van der Waals surface area contributed by atoms with Gasteiger partial charge in [-0.25, -0.2) is 13.4 Å². The average molecular weight is 488 g/mol. The zero-order chi connectivity index (χ0) is 22.7. The topological polar surface area (TPSA) is 79.8 Å². The van der Waals surface area contributed by atoms with E-state index in [0.29, 0.717) is 23.2 Å². The summed E-state index contributed by atoms with van der Waals surface area (Å²) < 4.78 is 33.6. The number of hydrogen-bond acceptors (Lipinski definition) is 7. The molecule has 0 saturated carbocycles. The second kappa shape index (κ2) is 9.37. The van der Waals surface area contributed by atoms with Crippen LogP contribution in [0.4, 0.5) is 10.8 Å². The lowest BCUT2D eigenvalue weighted by Crippen LogP contribution is -2.39. The molecule has 0 bridgehead atoms. The molecule has 0 saturated heterocycles. The Morgan fingerprint density at radius 1 is 1.06 bits per heavy atom. The first-order valence-electron chi connectivity index (χ1n) is 9.82. The first-order chi connectivity index (χ1) is 15.4. The van der Waals surface area contributed by atoms with E-state index < -0.39 is 15.9 Å². The molecule has 10 heteroatoms. The van der Waals surface area contributed by atoms with Gasteiger partial charge < -0.3 is 4.74 Å². The highest BCUT2D eigenvalue weighted by atomic mass is 32.2. The molecule has 2 heterocycles. The molecule has 0 N–H and O–H groups in total. The highest BCUT2D eigenvalue weighted by Crippen LogP contribution is 2.38. The van der Waals surface area contributed by atoms with Crippen molar-refractivity contribution in [1.82, 2.24) is 9.29 Å². The second-order valence-electron chi connectivity index (χ2n) is 6.79. The number of carbonyl (C=O) groups is 1. The minimum atomic E-state index is -3.78. The lowest BCUT2D eigenvalue weighted by atomic mass is 10.2. The molecule has 2 aromatic heterocycles. The summed E-state index contributed by atoms with van der Waals surface area (Å²) >= 11 is 2.47. The largest absolute Gasteiger partial charge is 0.492 e. The quantitative estimate of drug-likeness (QED) is 0.359. The molecule has 0 aliphatic heterocycles. The van der Waals surface area contributed by atoms with Crippen LogP contribution in [-0.2, 0) is 14.8 Å². The first-order valence-corrected chi connectivity index (χ1v) is 13.0. The molecule has 166 valence electrons. The number of ether oxygens (including phenoxy) is 1. The van der Waals surface area contributed by atoms with E-state index in [0.717, 1.165) is 25.9 Å². The predicted octanol–water partition coefficient (Wildman–Crippen LogP) is 4.74. The Bertz CT molecular complexity index is 1300. The molecule has 0 spiro atoms. The standard InChI is InChI=1S/C22H21N3O4S3/c1-3-29-18-11-6-5-10-17(18)25(22-23-16-9-4-7-12-19(16)31-22)20(26)15-24(2)32(27,28)21-13-8-14-30-21/h4-14H,3,15H2,1-2H3. The number of rotatable bonds is 8. The number of amides is 1. The van der Waals surface area contributed by atoms with Gasteiger partial charge in [0.05, 0.1) is 29.1 Å². The summed E-state index contributed by atoms with van der Waals surface area (Å²) in [6.07, 6.45) is 0. The van der Waals surface area contributed by atoms with E-state index in [1.807, 2.05) is 37.3 Å². The van der Waals surface area contributed by atoms with Crippen LogP contribution in [0.3, 0.4) is 0 Å². The van der Waals surface area contributed by atoms with Crippen molar-refractivity contribution >= 4 is 59.6 Å². The van der Waals surface area contributed by atoms with Gasteiger partial charge in [0.1, 0.15) is 9.96 Å². The Morgan fingerprint density at radius 3 is 2.53 bits per heavy atom. The van der Waals surface area contributed by atoms with Gasteiger partial charge in [0.15, 0.2) is 5.13 Å². The van der Waals surface area contributed by atoms with Gasteiger partial charge in [-0.3, -0.25) is 9.69 Å². The summed E-state index contributed by atoms with van der Waals surface area (Å²) in [5, 5.41) is 2.14. The molecule has 32 heavy (non-hydrogen) atoms. The van der Waals surface area contributed by atoms with Gasteiger partial charge in [0.2, 0.25) is 5.91 Å². The zero-order valence-corrected chi connectivity index (χ0v) is 19.9. The van der Waals surface area contributed by atoms with Gasteiger partial charge in [-0.2, -0.15) is 4.31 Å². The van der Waals surface area contributed by atoms with E-state index in [-0.39, 0.29) is 10.8 Å². The minimum absolute atomic E-state index is 0.189. The number of sulfonamides is 1. The van der Waals surface area contributed by atoms with Gasteiger partial charge in [-0.1, -0.05) is 41.7 Å². The van der Waals surface area contributed by atoms with Crippen LogP contribution in [0.5, 0.6) is 5.75 Å². The third-order valence-electron chi connectivity index (χ3n) is 4.65. The van der Waals surface area contributed by atoms with Crippen molar-refractivity contribution in [1.29, 1.82) is 0 Å². The molecule has 2 aromatic carbocycles. The molecule has 4 aromatic rings. The number of thiazole rings is 1.